The molecular weight excluding hydrogens is 596 g/mol. The highest BCUT2D eigenvalue weighted by molar-refractivity contribution is 7.89. The molecule has 238 valence electrons. The van der Waals surface area contributed by atoms with Crippen molar-refractivity contribution in [2.75, 3.05) is 32.8 Å². The fourth-order valence-electron chi connectivity index (χ4n) is 5.36. The molecule has 1 heterocycles. The van der Waals surface area contributed by atoms with Gasteiger partial charge >= 0.3 is 5.97 Å². The van der Waals surface area contributed by atoms with Gasteiger partial charge in [0, 0.05) is 24.5 Å². The number of halogens is 1. The average molecular weight is 641 g/mol. The predicted molar refractivity (Wildman–Crippen MR) is 176 cm³/mol. The van der Waals surface area contributed by atoms with Gasteiger partial charge in [0.25, 0.3) is 0 Å². The van der Waals surface area contributed by atoms with Crippen LogP contribution in [-0.4, -0.2) is 57.7 Å². The molecule has 0 atom stereocenters. The third kappa shape index (κ3) is 11.2. The van der Waals surface area contributed by atoms with E-state index in [2.05, 4.69) is 33.9 Å². The lowest BCUT2D eigenvalue weighted by atomic mass is 9.96. The van der Waals surface area contributed by atoms with Crippen LogP contribution >= 0.6 is 11.6 Å². The molecule has 0 unspecified atom stereocenters. The standard InChI is InChI=1S/C35H45ClN2O5S/c1-35(2,3)43-34(39)17-11-28-24-27(10-12-30-8-4-5-9-33(30)42-23-22-38-20-6-7-21-38)25-29(26-28)18-19-37-44(40,41)32-15-13-31(36)14-16-32/h4-5,8-9,13-16,24-26,37H,6-7,10-12,17-23H2,1-3H3. The van der Waals surface area contributed by atoms with Crippen LogP contribution in [0, 0.1) is 0 Å². The molecule has 0 bridgehead atoms. The maximum Gasteiger partial charge on any atom is 0.306 e. The van der Waals surface area contributed by atoms with Crippen LogP contribution in [0.15, 0.2) is 71.6 Å². The van der Waals surface area contributed by atoms with Gasteiger partial charge in [-0.3, -0.25) is 9.69 Å². The summed E-state index contributed by atoms with van der Waals surface area (Å²) < 4.78 is 40.0. The highest BCUT2D eigenvalue weighted by Crippen LogP contribution is 2.22. The lowest BCUT2D eigenvalue weighted by Gasteiger charge is -2.19. The number of hydrogen-bond donors (Lipinski definition) is 1. The van der Waals surface area contributed by atoms with Crippen LogP contribution in [0.2, 0.25) is 5.02 Å². The number of sulfonamides is 1. The molecule has 1 saturated heterocycles. The molecule has 9 heteroatoms. The zero-order chi connectivity index (χ0) is 31.6. The summed E-state index contributed by atoms with van der Waals surface area (Å²) in [6.07, 6.45) is 5.46. The monoisotopic (exact) mass is 640 g/mol. The molecule has 0 radical (unpaired) electrons. The number of carbonyl (C=O) groups excluding carboxylic acids is 1. The second-order valence-corrected chi connectivity index (χ2v) is 14.6. The Bertz CT molecular complexity index is 1480. The molecule has 0 aliphatic carbocycles. The van der Waals surface area contributed by atoms with E-state index in [4.69, 9.17) is 21.1 Å². The van der Waals surface area contributed by atoms with Gasteiger partial charge in [-0.1, -0.05) is 48.0 Å². The fraction of sp³-hybridized carbons (Fsp3) is 0.457. The first kappa shape index (κ1) is 34.0. The number of nitrogens with one attached hydrogen (secondary N) is 1. The first-order valence-electron chi connectivity index (χ1n) is 15.5. The van der Waals surface area contributed by atoms with E-state index >= 15 is 0 Å². The van der Waals surface area contributed by atoms with Crippen molar-refractivity contribution in [3.63, 3.8) is 0 Å². The van der Waals surface area contributed by atoms with Crippen LogP contribution in [0.5, 0.6) is 5.75 Å². The van der Waals surface area contributed by atoms with Crippen molar-refractivity contribution >= 4 is 27.6 Å². The van der Waals surface area contributed by atoms with E-state index in [1.807, 2.05) is 39.0 Å². The molecule has 1 N–H and O–H groups in total. The Morgan fingerprint density at radius 1 is 0.886 bits per heavy atom. The van der Waals surface area contributed by atoms with E-state index in [-0.39, 0.29) is 23.8 Å². The average Bonchev–Trinajstić information content (AvgIpc) is 3.48. The number of para-hydroxylation sites is 1. The molecule has 0 amide bonds. The number of hydrogen-bond acceptors (Lipinski definition) is 6. The Labute approximate surface area is 268 Å². The molecule has 1 aliphatic rings. The summed E-state index contributed by atoms with van der Waals surface area (Å²) in [5.74, 6) is 0.685. The molecule has 4 rings (SSSR count). The van der Waals surface area contributed by atoms with Gasteiger partial charge in [0.15, 0.2) is 0 Å². The molecule has 0 spiro atoms. The van der Waals surface area contributed by atoms with Gasteiger partial charge in [-0.15, -0.1) is 0 Å². The van der Waals surface area contributed by atoms with Gasteiger partial charge in [-0.05, 0) is 125 Å². The van der Waals surface area contributed by atoms with Crippen molar-refractivity contribution in [2.45, 2.75) is 76.2 Å². The molecule has 0 aromatic heterocycles. The normalized spacial score (nSPS) is 14.1. The van der Waals surface area contributed by atoms with Gasteiger partial charge in [-0.2, -0.15) is 0 Å². The number of benzene rings is 3. The molecule has 0 saturated carbocycles. The molecule has 1 aliphatic heterocycles. The summed E-state index contributed by atoms with van der Waals surface area (Å²) in [4.78, 5) is 15.1. The summed E-state index contributed by atoms with van der Waals surface area (Å²) >= 11 is 5.92. The van der Waals surface area contributed by atoms with Crippen molar-refractivity contribution in [3.8, 4) is 5.75 Å². The zero-order valence-corrected chi connectivity index (χ0v) is 27.7. The summed E-state index contributed by atoms with van der Waals surface area (Å²) in [5, 5.41) is 0.482. The molecule has 7 nitrogen and oxygen atoms in total. The Morgan fingerprint density at radius 3 is 2.20 bits per heavy atom. The smallest absolute Gasteiger partial charge is 0.306 e. The summed E-state index contributed by atoms with van der Waals surface area (Å²) in [5.41, 5.74) is 3.80. The van der Waals surface area contributed by atoms with Crippen LogP contribution in [0.3, 0.4) is 0 Å². The van der Waals surface area contributed by atoms with E-state index in [1.165, 1.54) is 25.0 Å². The van der Waals surface area contributed by atoms with Gasteiger partial charge in [0.1, 0.15) is 18.0 Å². The van der Waals surface area contributed by atoms with E-state index in [1.54, 1.807) is 12.1 Å². The van der Waals surface area contributed by atoms with Crippen LogP contribution in [0.25, 0.3) is 0 Å². The first-order valence-corrected chi connectivity index (χ1v) is 17.3. The SMILES string of the molecule is CC(C)(C)OC(=O)CCc1cc(CCNS(=O)(=O)c2ccc(Cl)cc2)cc(CCc2ccccc2OCCN2CCCC2)c1. The highest BCUT2D eigenvalue weighted by Gasteiger charge is 2.17. The first-order chi connectivity index (χ1) is 21.0. The Balaban J connectivity index is 1.42. The van der Waals surface area contributed by atoms with E-state index in [0.717, 1.165) is 60.5 Å². The van der Waals surface area contributed by atoms with Crippen molar-refractivity contribution < 1.29 is 22.7 Å². The van der Waals surface area contributed by atoms with Gasteiger partial charge < -0.3 is 9.47 Å². The predicted octanol–water partition coefficient (Wildman–Crippen LogP) is 6.40. The Kier molecular flexibility index (Phi) is 12.3. The third-order valence-corrected chi connectivity index (χ3v) is 9.23. The number of likely N-dealkylation sites (tertiary alicyclic amines) is 1. The van der Waals surface area contributed by atoms with Crippen molar-refractivity contribution in [2.24, 2.45) is 0 Å². The second-order valence-electron chi connectivity index (χ2n) is 12.4. The topological polar surface area (TPSA) is 84.9 Å². The lowest BCUT2D eigenvalue weighted by Crippen LogP contribution is -2.26. The van der Waals surface area contributed by atoms with E-state index in [0.29, 0.717) is 24.5 Å². The Morgan fingerprint density at radius 2 is 1.52 bits per heavy atom. The second kappa shape index (κ2) is 15.9. The molecule has 3 aromatic carbocycles. The van der Waals surface area contributed by atoms with Crippen molar-refractivity contribution in [1.29, 1.82) is 0 Å². The summed E-state index contributed by atoms with van der Waals surface area (Å²) in [6.45, 7) is 9.76. The molecular formula is C35H45ClN2O5S. The molecule has 44 heavy (non-hydrogen) atoms. The van der Waals surface area contributed by atoms with Crippen molar-refractivity contribution in [3.05, 3.63) is 94.0 Å². The number of ether oxygens (including phenoxy) is 2. The summed E-state index contributed by atoms with van der Waals surface area (Å²) in [6, 6.07) is 20.6. The van der Waals surface area contributed by atoms with Crippen molar-refractivity contribution in [1.82, 2.24) is 9.62 Å². The van der Waals surface area contributed by atoms with Gasteiger partial charge in [0.05, 0.1) is 4.90 Å². The van der Waals surface area contributed by atoms with Gasteiger partial charge in [0.2, 0.25) is 10.0 Å². The Hall–Kier alpha value is -2.91. The number of nitrogens with zero attached hydrogens (tertiary/aromatic N) is 1. The van der Waals surface area contributed by atoms with Crippen LogP contribution in [0.4, 0.5) is 0 Å². The number of aryl methyl sites for hydroxylation is 3. The van der Waals surface area contributed by atoms with Crippen LogP contribution in [0.1, 0.15) is 62.3 Å². The third-order valence-electron chi connectivity index (χ3n) is 7.50. The minimum atomic E-state index is -3.66. The summed E-state index contributed by atoms with van der Waals surface area (Å²) in [7, 11) is -3.66. The largest absolute Gasteiger partial charge is 0.492 e. The van der Waals surface area contributed by atoms with E-state index in [9.17, 15) is 13.2 Å². The minimum absolute atomic E-state index is 0.176. The van der Waals surface area contributed by atoms with Gasteiger partial charge in [-0.25, -0.2) is 13.1 Å². The maximum atomic E-state index is 12.8. The van der Waals surface area contributed by atoms with Crippen LogP contribution in [-0.2, 0) is 45.2 Å². The fourth-order valence-corrected chi connectivity index (χ4v) is 6.52. The van der Waals surface area contributed by atoms with Crippen LogP contribution < -0.4 is 9.46 Å². The highest BCUT2D eigenvalue weighted by atomic mass is 35.5. The molecule has 1 fully saturated rings. The number of rotatable bonds is 15. The number of carbonyl (C=O) groups is 1. The number of esters is 1. The minimum Gasteiger partial charge on any atom is -0.492 e. The van der Waals surface area contributed by atoms with E-state index < -0.39 is 15.6 Å². The quantitative estimate of drug-likeness (QED) is 0.194. The lowest BCUT2D eigenvalue weighted by molar-refractivity contribution is -0.154. The maximum absolute atomic E-state index is 12.8. The zero-order valence-electron chi connectivity index (χ0n) is 26.1. The molecule has 3 aromatic rings.